The lowest BCUT2D eigenvalue weighted by Crippen LogP contribution is -2.48. The summed E-state index contributed by atoms with van der Waals surface area (Å²) in [6.07, 6.45) is 2.69. The number of piperazine rings is 1. The average molecular weight is 317 g/mol. The van der Waals surface area contributed by atoms with E-state index in [1.54, 1.807) is 0 Å². The van der Waals surface area contributed by atoms with Gasteiger partial charge >= 0.3 is 0 Å². The van der Waals surface area contributed by atoms with Crippen LogP contribution in [0.2, 0.25) is 0 Å². The van der Waals surface area contributed by atoms with E-state index in [9.17, 15) is 0 Å². The third kappa shape index (κ3) is 3.79. The minimum atomic E-state index is 0.355. The van der Waals surface area contributed by atoms with E-state index in [0.717, 1.165) is 24.0 Å². The van der Waals surface area contributed by atoms with Crippen molar-refractivity contribution in [3.63, 3.8) is 0 Å². The van der Waals surface area contributed by atoms with Gasteiger partial charge in [0.1, 0.15) is 0 Å². The second kappa shape index (κ2) is 7.07. The van der Waals surface area contributed by atoms with Crippen LogP contribution in [0.25, 0.3) is 0 Å². The van der Waals surface area contributed by atoms with Gasteiger partial charge in [0.15, 0.2) is 11.5 Å². The second-order valence-corrected chi connectivity index (χ2v) is 6.96. The summed E-state index contributed by atoms with van der Waals surface area (Å²) in [5.41, 5.74) is 1.32. The van der Waals surface area contributed by atoms with Crippen molar-refractivity contribution in [2.24, 2.45) is 5.92 Å². The van der Waals surface area contributed by atoms with Crippen LogP contribution in [-0.4, -0.2) is 62.4 Å². The molecule has 1 N–H and O–H groups in total. The van der Waals surface area contributed by atoms with Gasteiger partial charge in [-0.05, 0) is 49.5 Å². The first-order chi connectivity index (χ1) is 11.4. The normalized spacial score (nSPS) is 23.3. The number of piperidine rings is 1. The molecule has 0 bridgehead atoms. The molecule has 0 amide bonds. The summed E-state index contributed by atoms with van der Waals surface area (Å²) in [5.74, 6) is 2.67. The zero-order valence-electron chi connectivity index (χ0n) is 13.8. The van der Waals surface area contributed by atoms with Crippen LogP contribution in [-0.2, 0) is 6.54 Å². The number of nitrogens with one attached hydrogen (secondary N) is 1. The lowest BCUT2D eigenvalue weighted by Gasteiger charge is -2.37. The predicted octanol–water partition coefficient (Wildman–Crippen LogP) is 1.53. The van der Waals surface area contributed by atoms with Crippen molar-refractivity contribution in [1.82, 2.24) is 15.1 Å². The molecule has 4 rings (SSSR count). The molecule has 5 nitrogen and oxygen atoms in total. The average Bonchev–Trinajstić information content (AvgIpc) is 3.05. The van der Waals surface area contributed by atoms with Crippen LogP contribution in [0, 0.1) is 5.92 Å². The lowest BCUT2D eigenvalue weighted by atomic mass is 9.97. The number of nitrogens with zero attached hydrogens (tertiary/aromatic N) is 2. The van der Waals surface area contributed by atoms with E-state index < -0.39 is 0 Å². The van der Waals surface area contributed by atoms with Crippen molar-refractivity contribution in [1.29, 1.82) is 0 Å². The van der Waals surface area contributed by atoms with Crippen molar-refractivity contribution in [2.75, 3.05) is 52.6 Å². The number of hydrogen-bond donors (Lipinski definition) is 1. The molecule has 126 valence electrons. The van der Waals surface area contributed by atoms with Gasteiger partial charge in [-0.15, -0.1) is 0 Å². The molecule has 0 spiro atoms. The van der Waals surface area contributed by atoms with Gasteiger partial charge in [0.05, 0.1) is 0 Å². The van der Waals surface area contributed by atoms with Crippen LogP contribution in [0.4, 0.5) is 0 Å². The van der Waals surface area contributed by atoms with Crippen LogP contribution < -0.4 is 14.8 Å². The summed E-state index contributed by atoms with van der Waals surface area (Å²) in [7, 11) is 0. The van der Waals surface area contributed by atoms with Crippen molar-refractivity contribution in [3.05, 3.63) is 23.8 Å². The standard InChI is InChI=1S/C18H27N3O2/c1-2-17-18(23-14-22-17)11-16(1)13-21-9-7-20(8-10-21)12-15-3-5-19-6-4-15/h1-2,11,15,19H,3-10,12-14H2. The van der Waals surface area contributed by atoms with Gasteiger partial charge in [-0.1, -0.05) is 6.07 Å². The molecule has 3 aliphatic heterocycles. The Kier molecular flexibility index (Phi) is 4.69. The first-order valence-electron chi connectivity index (χ1n) is 8.91. The number of fused-ring (bicyclic) bond motifs is 1. The summed E-state index contributed by atoms with van der Waals surface area (Å²) in [4.78, 5) is 5.21. The Morgan fingerprint density at radius 2 is 1.70 bits per heavy atom. The Bertz CT molecular complexity index is 523. The number of rotatable bonds is 4. The molecular formula is C18H27N3O2. The molecular weight excluding hydrogens is 290 g/mol. The fraction of sp³-hybridized carbons (Fsp3) is 0.667. The van der Waals surface area contributed by atoms with Gasteiger partial charge in [-0.25, -0.2) is 0 Å². The Hall–Kier alpha value is -1.30. The highest BCUT2D eigenvalue weighted by Crippen LogP contribution is 2.32. The minimum absolute atomic E-state index is 0.355. The van der Waals surface area contributed by atoms with Crippen LogP contribution in [0.5, 0.6) is 11.5 Å². The number of benzene rings is 1. The van der Waals surface area contributed by atoms with Crippen LogP contribution in [0.15, 0.2) is 18.2 Å². The van der Waals surface area contributed by atoms with Gasteiger partial charge < -0.3 is 19.7 Å². The van der Waals surface area contributed by atoms with Gasteiger partial charge in [-0.3, -0.25) is 4.90 Å². The van der Waals surface area contributed by atoms with Crippen molar-refractivity contribution in [2.45, 2.75) is 19.4 Å². The summed E-state index contributed by atoms with van der Waals surface area (Å²) in [6.45, 7) is 9.80. The molecule has 2 fully saturated rings. The van der Waals surface area contributed by atoms with Crippen molar-refractivity contribution >= 4 is 0 Å². The Balaban J connectivity index is 1.25. The van der Waals surface area contributed by atoms with Gasteiger partial charge in [0.2, 0.25) is 6.79 Å². The molecule has 0 atom stereocenters. The number of ether oxygens (including phenoxy) is 2. The smallest absolute Gasteiger partial charge is 0.231 e. The summed E-state index contributed by atoms with van der Waals surface area (Å²) in [5, 5.41) is 3.46. The molecule has 0 aromatic heterocycles. The second-order valence-electron chi connectivity index (χ2n) is 6.96. The van der Waals surface area contributed by atoms with Gasteiger partial charge in [-0.2, -0.15) is 0 Å². The van der Waals surface area contributed by atoms with E-state index in [1.165, 1.54) is 64.2 Å². The molecule has 0 aliphatic carbocycles. The van der Waals surface area contributed by atoms with Gasteiger partial charge in [0, 0.05) is 39.3 Å². The molecule has 1 aromatic carbocycles. The SMILES string of the molecule is c1cc2c(cc1CN1CCN(CC3CCNCC3)CC1)OCO2. The molecule has 0 saturated carbocycles. The zero-order valence-corrected chi connectivity index (χ0v) is 13.8. The first-order valence-corrected chi connectivity index (χ1v) is 8.91. The van der Waals surface area contributed by atoms with Gasteiger partial charge in [0.25, 0.3) is 0 Å². The zero-order chi connectivity index (χ0) is 15.5. The Labute approximate surface area is 138 Å². The molecule has 1 aromatic rings. The molecule has 3 aliphatic rings. The monoisotopic (exact) mass is 317 g/mol. The highest BCUT2D eigenvalue weighted by molar-refractivity contribution is 5.44. The lowest BCUT2D eigenvalue weighted by molar-refractivity contribution is 0.107. The third-order valence-corrected chi connectivity index (χ3v) is 5.28. The molecule has 2 saturated heterocycles. The first kappa shape index (κ1) is 15.2. The molecule has 0 unspecified atom stereocenters. The predicted molar refractivity (Wildman–Crippen MR) is 89.9 cm³/mol. The largest absolute Gasteiger partial charge is 0.454 e. The molecule has 3 heterocycles. The van der Waals surface area contributed by atoms with Crippen molar-refractivity contribution in [3.8, 4) is 11.5 Å². The maximum Gasteiger partial charge on any atom is 0.231 e. The van der Waals surface area contributed by atoms with Crippen molar-refractivity contribution < 1.29 is 9.47 Å². The molecule has 23 heavy (non-hydrogen) atoms. The van der Waals surface area contributed by atoms with E-state index in [1.807, 2.05) is 6.07 Å². The Morgan fingerprint density at radius 3 is 2.52 bits per heavy atom. The highest BCUT2D eigenvalue weighted by Gasteiger charge is 2.22. The van der Waals surface area contributed by atoms with Crippen LogP contribution >= 0.6 is 0 Å². The minimum Gasteiger partial charge on any atom is -0.454 e. The van der Waals surface area contributed by atoms with Crippen LogP contribution in [0.3, 0.4) is 0 Å². The fourth-order valence-corrected chi connectivity index (χ4v) is 3.86. The molecule has 5 heteroatoms. The topological polar surface area (TPSA) is 37.0 Å². The summed E-state index contributed by atoms with van der Waals surface area (Å²) < 4.78 is 10.9. The summed E-state index contributed by atoms with van der Waals surface area (Å²) >= 11 is 0. The quantitative estimate of drug-likeness (QED) is 0.911. The van der Waals surface area contributed by atoms with E-state index in [4.69, 9.17) is 9.47 Å². The fourth-order valence-electron chi connectivity index (χ4n) is 3.86. The number of hydrogen-bond acceptors (Lipinski definition) is 5. The van der Waals surface area contributed by atoms with E-state index >= 15 is 0 Å². The highest BCUT2D eigenvalue weighted by atomic mass is 16.7. The Morgan fingerprint density at radius 1 is 0.957 bits per heavy atom. The molecule has 0 radical (unpaired) electrons. The third-order valence-electron chi connectivity index (χ3n) is 5.28. The summed E-state index contributed by atoms with van der Waals surface area (Å²) in [6, 6.07) is 6.32. The van der Waals surface area contributed by atoms with E-state index in [-0.39, 0.29) is 0 Å². The van der Waals surface area contributed by atoms with E-state index in [2.05, 4.69) is 27.2 Å². The maximum atomic E-state index is 5.48. The van der Waals surface area contributed by atoms with Crippen LogP contribution in [0.1, 0.15) is 18.4 Å². The maximum absolute atomic E-state index is 5.48. The van der Waals surface area contributed by atoms with E-state index in [0.29, 0.717) is 6.79 Å².